The molecule has 0 aliphatic rings. The van der Waals surface area contributed by atoms with E-state index in [-0.39, 0.29) is 30.2 Å². The summed E-state index contributed by atoms with van der Waals surface area (Å²) in [6, 6.07) is 9.79. The molecule has 2 N–H and O–H groups in total. The summed E-state index contributed by atoms with van der Waals surface area (Å²) in [4.78, 5) is 36.1. The second kappa shape index (κ2) is 8.26. The van der Waals surface area contributed by atoms with E-state index in [1.165, 1.54) is 18.4 Å². The molecule has 0 aliphatic heterocycles. The van der Waals surface area contributed by atoms with Crippen LogP contribution in [0, 0.1) is 0 Å². The summed E-state index contributed by atoms with van der Waals surface area (Å²) in [6.07, 6.45) is 0.0943. The predicted molar refractivity (Wildman–Crippen MR) is 92.3 cm³/mol. The molecule has 1 aromatic heterocycles. The molecule has 0 spiro atoms. The van der Waals surface area contributed by atoms with E-state index in [9.17, 15) is 14.4 Å². The van der Waals surface area contributed by atoms with Crippen molar-refractivity contribution in [3.63, 3.8) is 0 Å². The average Bonchev–Trinajstić information content (AvgIpc) is 3.09. The summed E-state index contributed by atoms with van der Waals surface area (Å²) >= 11 is 1.34. The van der Waals surface area contributed by atoms with Crippen LogP contribution in [0.5, 0.6) is 0 Å². The van der Waals surface area contributed by atoms with Gasteiger partial charge in [0.1, 0.15) is 0 Å². The highest BCUT2D eigenvalue weighted by Gasteiger charge is 2.14. The number of ether oxygens (including phenoxy) is 1. The second-order valence-electron chi connectivity index (χ2n) is 5.17. The molecule has 1 aromatic carbocycles. The lowest BCUT2D eigenvalue weighted by atomic mass is 10.1. The molecule has 2 amide bonds. The number of rotatable bonds is 6. The Hall–Kier alpha value is -2.67. The number of carbonyl (C=O) groups excluding carboxylic acids is 3. The zero-order chi connectivity index (χ0) is 17.5. The van der Waals surface area contributed by atoms with Gasteiger partial charge in [-0.15, -0.1) is 11.3 Å². The van der Waals surface area contributed by atoms with Gasteiger partial charge in [-0.2, -0.15) is 0 Å². The van der Waals surface area contributed by atoms with E-state index in [1.54, 1.807) is 43.3 Å². The normalized spacial score (nSPS) is 11.4. The van der Waals surface area contributed by atoms with Gasteiger partial charge < -0.3 is 15.4 Å². The molecule has 24 heavy (non-hydrogen) atoms. The molecule has 0 bridgehead atoms. The zero-order valence-electron chi connectivity index (χ0n) is 13.4. The number of thiophene rings is 1. The molecule has 0 saturated heterocycles. The molecule has 1 unspecified atom stereocenters. The molecule has 0 aliphatic carbocycles. The van der Waals surface area contributed by atoms with Gasteiger partial charge in [-0.3, -0.25) is 14.4 Å². The first-order chi connectivity index (χ1) is 11.5. The lowest BCUT2D eigenvalue weighted by molar-refractivity contribution is -0.141. The topological polar surface area (TPSA) is 84.5 Å². The summed E-state index contributed by atoms with van der Waals surface area (Å²) in [5.74, 6) is -0.931. The number of benzene rings is 1. The van der Waals surface area contributed by atoms with Crippen molar-refractivity contribution in [1.82, 2.24) is 5.32 Å². The standard InChI is InChI=1S/C17H18N2O4S/c1-11(9-15(20)23-2)18-16(21)12-5-3-6-13(10-12)19-17(22)14-7-4-8-24-14/h3-8,10-11H,9H2,1-2H3,(H,18,21)(H,19,22). The minimum absolute atomic E-state index is 0.0943. The minimum atomic E-state index is -0.389. The third-order valence-corrected chi connectivity index (χ3v) is 4.07. The van der Waals surface area contributed by atoms with E-state index in [2.05, 4.69) is 15.4 Å². The van der Waals surface area contributed by atoms with Crippen molar-refractivity contribution >= 4 is 34.8 Å². The lowest BCUT2D eigenvalue weighted by Gasteiger charge is -2.13. The molecule has 1 heterocycles. The molecule has 6 nitrogen and oxygen atoms in total. The van der Waals surface area contributed by atoms with E-state index in [4.69, 9.17) is 0 Å². The Morgan fingerprint density at radius 3 is 2.62 bits per heavy atom. The smallest absolute Gasteiger partial charge is 0.307 e. The predicted octanol–water partition coefficient (Wildman–Crippen LogP) is 2.68. The van der Waals surface area contributed by atoms with Gasteiger partial charge in [0.25, 0.3) is 11.8 Å². The van der Waals surface area contributed by atoms with Crippen molar-refractivity contribution in [3.05, 3.63) is 52.2 Å². The Kier molecular flexibility index (Phi) is 6.08. The lowest BCUT2D eigenvalue weighted by Crippen LogP contribution is -2.34. The van der Waals surface area contributed by atoms with Crippen molar-refractivity contribution in [2.75, 3.05) is 12.4 Å². The number of anilines is 1. The molecular formula is C17H18N2O4S. The van der Waals surface area contributed by atoms with E-state index in [1.807, 2.05) is 5.38 Å². The number of amides is 2. The fourth-order valence-electron chi connectivity index (χ4n) is 2.03. The highest BCUT2D eigenvalue weighted by molar-refractivity contribution is 7.12. The monoisotopic (exact) mass is 346 g/mol. The first-order valence-corrected chi connectivity index (χ1v) is 8.20. The molecule has 126 valence electrons. The number of carbonyl (C=O) groups is 3. The maximum atomic E-state index is 12.2. The molecule has 2 rings (SSSR count). The van der Waals surface area contributed by atoms with Gasteiger partial charge in [0.2, 0.25) is 0 Å². The number of esters is 1. The molecule has 7 heteroatoms. The average molecular weight is 346 g/mol. The molecule has 2 aromatic rings. The van der Waals surface area contributed by atoms with E-state index >= 15 is 0 Å². The Morgan fingerprint density at radius 2 is 1.96 bits per heavy atom. The van der Waals surface area contributed by atoms with Crippen LogP contribution in [0.2, 0.25) is 0 Å². The summed E-state index contributed by atoms with van der Waals surface area (Å²) in [6.45, 7) is 1.72. The Bertz CT molecular complexity index is 728. The Morgan fingerprint density at radius 1 is 1.17 bits per heavy atom. The summed E-state index contributed by atoms with van der Waals surface area (Å²) in [5.41, 5.74) is 0.928. The summed E-state index contributed by atoms with van der Waals surface area (Å²) < 4.78 is 4.57. The number of hydrogen-bond donors (Lipinski definition) is 2. The van der Waals surface area contributed by atoms with Crippen LogP contribution < -0.4 is 10.6 Å². The van der Waals surface area contributed by atoms with Crippen LogP contribution in [0.4, 0.5) is 5.69 Å². The van der Waals surface area contributed by atoms with Gasteiger partial charge >= 0.3 is 5.97 Å². The fourth-order valence-corrected chi connectivity index (χ4v) is 2.65. The van der Waals surface area contributed by atoms with Gasteiger partial charge in [-0.05, 0) is 36.6 Å². The van der Waals surface area contributed by atoms with E-state index < -0.39 is 0 Å². The van der Waals surface area contributed by atoms with Crippen molar-refractivity contribution in [1.29, 1.82) is 0 Å². The van der Waals surface area contributed by atoms with Crippen molar-refractivity contribution < 1.29 is 19.1 Å². The first kappa shape index (κ1) is 17.7. The third-order valence-electron chi connectivity index (χ3n) is 3.21. The molecular weight excluding hydrogens is 328 g/mol. The van der Waals surface area contributed by atoms with Crippen molar-refractivity contribution in [2.24, 2.45) is 0 Å². The van der Waals surface area contributed by atoms with Gasteiger partial charge in [0, 0.05) is 17.3 Å². The van der Waals surface area contributed by atoms with Gasteiger partial charge in [0.15, 0.2) is 0 Å². The highest BCUT2D eigenvalue weighted by atomic mass is 32.1. The van der Waals surface area contributed by atoms with Crippen molar-refractivity contribution in [3.8, 4) is 0 Å². The van der Waals surface area contributed by atoms with Gasteiger partial charge in [-0.1, -0.05) is 12.1 Å². The molecule has 0 fully saturated rings. The van der Waals surface area contributed by atoms with Gasteiger partial charge in [0.05, 0.1) is 18.4 Å². The fraction of sp³-hybridized carbons (Fsp3) is 0.235. The van der Waals surface area contributed by atoms with Crippen LogP contribution in [-0.2, 0) is 9.53 Å². The zero-order valence-corrected chi connectivity index (χ0v) is 14.2. The quantitative estimate of drug-likeness (QED) is 0.788. The number of methoxy groups -OCH3 is 1. The van der Waals surface area contributed by atoms with Crippen LogP contribution in [0.3, 0.4) is 0 Å². The van der Waals surface area contributed by atoms with Crippen LogP contribution >= 0.6 is 11.3 Å². The van der Waals surface area contributed by atoms with Crippen LogP contribution in [-0.4, -0.2) is 30.9 Å². The molecule has 0 radical (unpaired) electrons. The largest absolute Gasteiger partial charge is 0.469 e. The Balaban J connectivity index is 2.00. The number of hydrogen-bond acceptors (Lipinski definition) is 5. The van der Waals surface area contributed by atoms with Crippen LogP contribution in [0.1, 0.15) is 33.4 Å². The SMILES string of the molecule is COC(=O)CC(C)NC(=O)c1cccc(NC(=O)c2cccs2)c1. The number of nitrogens with one attached hydrogen (secondary N) is 2. The summed E-state index contributed by atoms with van der Waals surface area (Å²) in [5, 5.41) is 7.29. The van der Waals surface area contributed by atoms with E-state index in [0.29, 0.717) is 16.1 Å². The third kappa shape index (κ3) is 4.92. The first-order valence-electron chi connectivity index (χ1n) is 7.32. The maximum Gasteiger partial charge on any atom is 0.307 e. The molecule has 1 atom stereocenters. The minimum Gasteiger partial charge on any atom is -0.469 e. The van der Waals surface area contributed by atoms with E-state index in [0.717, 1.165) is 0 Å². The van der Waals surface area contributed by atoms with Crippen LogP contribution in [0.25, 0.3) is 0 Å². The second-order valence-corrected chi connectivity index (χ2v) is 6.11. The summed E-state index contributed by atoms with van der Waals surface area (Å²) in [7, 11) is 1.30. The molecule has 0 saturated carbocycles. The van der Waals surface area contributed by atoms with Gasteiger partial charge in [-0.25, -0.2) is 0 Å². The van der Waals surface area contributed by atoms with Crippen LogP contribution in [0.15, 0.2) is 41.8 Å². The maximum absolute atomic E-state index is 12.2. The Labute approximate surface area is 143 Å². The highest BCUT2D eigenvalue weighted by Crippen LogP contribution is 2.15. The van der Waals surface area contributed by atoms with Crippen molar-refractivity contribution in [2.45, 2.75) is 19.4 Å².